The third-order valence-electron chi connectivity index (χ3n) is 0.975. The van der Waals surface area contributed by atoms with Crippen molar-refractivity contribution in [2.24, 2.45) is 0 Å². The van der Waals surface area contributed by atoms with E-state index in [1.807, 2.05) is 0 Å². The molecule has 5 nitrogen and oxygen atoms in total. The van der Waals surface area contributed by atoms with Crippen LogP contribution in [-0.2, 0) is 39.4 Å². The molecule has 0 aliphatic carbocycles. The summed E-state index contributed by atoms with van der Waals surface area (Å²) in [6.07, 6.45) is -0.916. The second kappa shape index (κ2) is 8.80. The molecular formula is C4H4Na2O5S3. The van der Waals surface area contributed by atoms with Crippen LogP contribution in [0.3, 0.4) is 0 Å². The van der Waals surface area contributed by atoms with Crippen LogP contribution in [0.2, 0.25) is 0 Å². The second-order valence-corrected chi connectivity index (χ2v) is 7.18. The maximum absolute atomic E-state index is 10.2. The van der Waals surface area contributed by atoms with Gasteiger partial charge in [-0.25, -0.2) is 0 Å². The van der Waals surface area contributed by atoms with E-state index in [2.05, 4.69) is 22.4 Å². The Hall–Kier alpha value is 1.69. The van der Waals surface area contributed by atoms with Crippen molar-refractivity contribution in [2.75, 3.05) is 0 Å². The normalized spacial score (nSPS) is 11.8. The zero-order chi connectivity index (χ0) is 9.94. The van der Waals surface area contributed by atoms with Crippen molar-refractivity contribution >= 4 is 41.7 Å². The second-order valence-electron chi connectivity index (χ2n) is 1.90. The zero-order valence-corrected chi connectivity index (χ0v) is 14.0. The van der Waals surface area contributed by atoms with Gasteiger partial charge in [0, 0.05) is 19.8 Å². The summed E-state index contributed by atoms with van der Waals surface area (Å²) < 4.78 is 8.90. The maximum Gasteiger partial charge on any atom is 1.00 e. The fraction of sp³-hybridized carbons (Fsp3) is 0.500. The molecule has 0 heterocycles. The molecule has 0 fully saturated rings. The fourth-order valence-electron chi connectivity index (χ4n) is 0.462. The molecule has 0 aromatic carbocycles. The van der Waals surface area contributed by atoms with Crippen molar-refractivity contribution in [2.45, 2.75) is 11.7 Å². The summed E-state index contributed by atoms with van der Waals surface area (Å²) in [6.45, 7) is 0. The molecule has 0 spiro atoms. The van der Waals surface area contributed by atoms with Crippen molar-refractivity contribution in [1.82, 2.24) is 0 Å². The first kappa shape index (κ1) is 21.0. The van der Waals surface area contributed by atoms with Crippen LogP contribution in [0.1, 0.15) is 6.42 Å². The Bertz CT molecular complexity index is 300. The Balaban J connectivity index is -0.000000605. The summed E-state index contributed by atoms with van der Waals surface area (Å²) in [4.78, 5) is 20.2. The SMILES string of the molecule is O=C([O-])CC(C(=O)[O-])S(O)(=S)=S.[Na+].[Na+]. The third-order valence-corrected chi connectivity index (χ3v) is 3.45. The third kappa shape index (κ3) is 8.96. The molecule has 1 N–H and O–H groups in total. The molecule has 0 bridgehead atoms. The Kier molecular flexibility index (Phi) is 13.2. The number of rotatable bonds is 4. The molecular weight excluding hydrogens is 270 g/mol. The first-order valence-corrected chi connectivity index (χ1v) is 6.12. The number of hydrogen-bond acceptors (Lipinski definition) is 6. The van der Waals surface area contributed by atoms with E-state index < -0.39 is 31.0 Å². The summed E-state index contributed by atoms with van der Waals surface area (Å²) in [5.41, 5.74) is 0. The van der Waals surface area contributed by atoms with Crippen molar-refractivity contribution in [3.8, 4) is 0 Å². The van der Waals surface area contributed by atoms with Crippen LogP contribution in [0.4, 0.5) is 0 Å². The van der Waals surface area contributed by atoms with Crippen LogP contribution >= 0.6 is 0 Å². The average molecular weight is 274 g/mol. The number of carbonyl (C=O) groups excluding carboxylic acids is 2. The molecule has 0 saturated heterocycles. The van der Waals surface area contributed by atoms with Crippen LogP contribution in [-0.4, -0.2) is 21.7 Å². The number of hydrogen-bond donors (Lipinski definition) is 1. The summed E-state index contributed by atoms with van der Waals surface area (Å²) in [5.74, 6) is -3.40. The largest absolute Gasteiger partial charge is 1.00 e. The van der Waals surface area contributed by atoms with Crippen molar-refractivity contribution in [3.63, 3.8) is 0 Å². The van der Waals surface area contributed by atoms with Crippen molar-refractivity contribution in [1.29, 1.82) is 0 Å². The minimum absolute atomic E-state index is 0. The molecule has 0 aromatic rings. The van der Waals surface area contributed by atoms with Crippen LogP contribution in [0.15, 0.2) is 0 Å². The van der Waals surface area contributed by atoms with E-state index in [-0.39, 0.29) is 59.1 Å². The molecule has 1 atom stereocenters. The molecule has 70 valence electrons. The quantitative estimate of drug-likeness (QED) is 0.508. The molecule has 14 heavy (non-hydrogen) atoms. The van der Waals surface area contributed by atoms with Gasteiger partial charge in [-0.15, -0.1) is 0 Å². The molecule has 0 saturated carbocycles. The zero-order valence-electron chi connectivity index (χ0n) is 7.59. The van der Waals surface area contributed by atoms with Crippen molar-refractivity contribution < 1.29 is 83.5 Å². The van der Waals surface area contributed by atoms with Crippen molar-refractivity contribution in [3.05, 3.63) is 0 Å². The Morgan fingerprint density at radius 1 is 1.29 bits per heavy atom. The molecule has 0 aliphatic heterocycles. The standard InChI is InChI=1S/C4H6O5S3.2Na/c5-3(6)1-2(4(7)8)12(9,10)11;;/h2H,1H2,(H,5,6)(H,7,8)(H,9,10,11);;/q;2*+1/p-2. The van der Waals surface area contributed by atoms with Gasteiger partial charge in [0.1, 0.15) is 0 Å². The number of carboxylic acid groups (broad SMARTS) is 2. The first-order valence-electron chi connectivity index (χ1n) is 2.62. The van der Waals surface area contributed by atoms with Crippen LogP contribution in [0.25, 0.3) is 0 Å². The van der Waals surface area contributed by atoms with E-state index in [9.17, 15) is 19.8 Å². The number of aliphatic carboxylic acids is 2. The summed E-state index contributed by atoms with van der Waals surface area (Å²) in [5, 5.41) is 18.4. The Labute approximate surface area is 135 Å². The predicted octanol–water partition coefficient (Wildman–Crippen LogP) is -9.20. The van der Waals surface area contributed by atoms with Gasteiger partial charge in [-0.1, -0.05) is 0 Å². The van der Waals surface area contributed by atoms with Gasteiger partial charge < -0.3 is 24.4 Å². The summed E-state index contributed by atoms with van der Waals surface area (Å²) in [6, 6.07) is 0. The van der Waals surface area contributed by atoms with E-state index in [1.54, 1.807) is 0 Å². The van der Waals surface area contributed by atoms with Gasteiger partial charge in [0.2, 0.25) is 0 Å². The van der Waals surface area contributed by atoms with E-state index in [0.29, 0.717) is 0 Å². The predicted molar refractivity (Wildman–Crippen MR) is 43.1 cm³/mol. The average Bonchev–Trinajstić information content (AvgIpc) is 1.79. The topological polar surface area (TPSA) is 100 Å². The Morgan fingerprint density at radius 3 is 1.71 bits per heavy atom. The van der Waals surface area contributed by atoms with Gasteiger partial charge in [0.05, 0.1) is 11.2 Å². The monoisotopic (exact) mass is 274 g/mol. The fourth-order valence-corrected chi connectivity index (χ4v) is 1.93. The number of carboxylic acids is 2. The minimum atomic E-state index is -3.28. The van der Waals surface area contributed by atoms with Gasteiger partial charge in [0.15, 0.2) is 0 Å². The van der Waals surface area contributed by atoms with Crippen LogP contribution in [0, 0.1) is 0 Å². The van der Waals surface area contributed by atoms with Gasteiger partial charge in [-0.2, -0.15) is 0 Å². The molecule has 0 radical (unpaired) electrons. The van der Waals surface area contributed by atoms with Crippen LogP contribution < -0.4 is 69.3 Å². The molecule has 0 aliphatic rings. The first-order chi connectivity index (χ1) is 5.25. The molecule has 10 heteroatoms. The van der Waals surface area contributed by atoms with E-state index in [1.165, 1.54) is 0 Å². The summed E-state index contributed by atoms with van der Waals surface area (Å²) >= 11 is 8.49. The Morgan fingerprint density at radius 2 is 1.64 bits per heavy atom. The van der Waals surface area contributed by atoms with E-state index in [4.69, 9.17) is 4.55 Å². The maximum atomic E-state index is 10.2. The van der Waals surface area contributed by atoms with Crippen LogP contribution in [0.5, 0.6) is 0 Å². The molecule has 0 rings (SSSR count). The van der Waals surface area contributed by atoms with Gasteiger partial charge in [-0.05, 0) is 22.4 Å². The van der Waals surface area contributed by atoms with E-state index in [0.717, 1.165) is 0 Å². The number of carbonyl (C=O) groups is 2. The van der Waals surface area contributed by atoms with Gasteiger partial charge >= 0.3 is 59.1 Å². The summed E-state index contributed by atoms with van der Waals surface area (Å²) in [7, 11) is -3.28. The molecule has 0 amide bonds. The molecule has 1 unspecified atom stereocenters. The minimum Gasteiger partial charge on any atom is -0.550 e. The van der Waals surface area contributed by atoms with E-state index >= 15 is 0 Å². The van der Waals surface area contributed by atoms with Gasteiger partial charge in [-0.3, -0.25) is 0 Å². The smallest absolute Gasteiger partial charge is 0.550 e. The van der Waals surface area contributed by atoms with Gasteiger partial charge in [0.25, 0.3) is 0 Å². The molecule has 0 aromatic heterocycles.